The first-order chi connectivity index (χ1) is 9.96. The standard InChI is InChI=1S/C14H20N2O4S/c1-14(9-15)5-6-16(10-14)21(17,18)12-4-2-3-11-13(12)20-8-7-19-11/h2-4H,5-10,15H2,1H3. The van der Waals surface area contributed by atoms with Crippen LogP contribution >= 0.6 is 0 Å². The van der Waals surface area contributed by atoms with Gasteiger partial charge in [-0.2, -0.15) is 4.31 Å². The fourth-order valence-corrected chi connectivity index (χ4v) is 4.48. The van der Waals surface area contributed by atoms with E-state index in [4.69, 9.17) is 15.2 Å². The van der Waals surface area contributed by atoms with Gasteiger partial charge in [-0.1, -0.05) is 13.0 Å². The van der Waals surface area contributed by atoms with Crippen molar-refractivity contribution >= 4 is 10.0 Å². The average molecular weight is 312 g/mol. The molecule has 1 fully saturated rings. The molecule has 6 nitrogen and oxygen atoms in total. The molecule has 21 heavy (non-hydrogen) atoms. The Bertz CT molecular complexity index is 646. The number of fused-ring (bicyclic) bond motifs is 1. The third kappa shape index (κ3) is 2.49. The van der Waals surface area contributed by atoms with E-state index < -0.39 is 10.0 Å². The van der Waals surface area contributed by atoms with E-state index in [2.05, 4.69) is 0 Å². The lowest BCUT2D eigenvalue weighted by Crippen LogP contribution is -2.35. The molecule has 1 aromatic carbocycles. The highest BCUT2D eigenvalue weighted by atomic mass is 32.2. The molecule has 0 radical (unpaired) electrons. The molecule has 1 unspecified atom stereocenters. The average Bonchev–Trinajstić information content (AvgIpc) is 2.91. The van der Waals surface area contributed by atoms with Crippen molar-refractivity contribution in [1.29, 1.82) is 0 Å². The van der Waals surface area contributed by atoms with Gasteiger partial charge in [0.25, 0.3) is 0 Å². The molecule has 0 saturated carbocycles. The van der Waals surface area contributed by atoms with E-state index in [0.717, 1.165) is 6.42 Å². The lowest BCUT2D eigenvalue weighted by atomic mass is 9.90. The van der Waals surface area contributed by atoms with Crippen molar-refractivity contribution in [2.24, 2.45) is 11.1 Å². The van der Waals surface area contributed by atoms with Gasteiger partial charge in [-0.3, -0.25) is 0 Å². The van der Waals surface area contributed by atoms with Crippen molar-refractivity contribution in [3.05, 3.63) is 18.2 Å². The van der Waals surface area contributed by atoms with Gasteiger partial charge in [-0.05, 0) is 30.5 Å². The van der Waals surface area contributed by atoms with Gasteiger partial charge in [-0.15, -0.1) is 0 Å². The van der Waals surface area contributed by atoms with E-state index in [0.29, 0.717) is 44.3 Å². The molecule has 2 heterocycles. The summed E-state index contributed by atoms with van der Waals surface area (Å²) in [4.78, 5) is 0.181. The Morgan fingerprint density at radius 1 is 1.33 bits per heavy atom. The SMILES string of the molecule is CC1(CN)CCN(S(=O)(=O)c2cccc3c2OCCO3)C1. The number of nitrogens with zero attached hydrogens (tertiary/aromatic N) is 1. The Morgan fingerprint density at radius 3 is 2.81 bits per heavy atom. The molecule has 7 heteroatoms. The molecule has 2 N–H and O–H groups in total. The summed E-state index contributed by atoms with van der Waals surface area (Å²) in [5, 5.41) is 0. The van der Waals surface area contributed by atoms with Gasteiger partial charge in [0.1, 0.15) is 18.1 Å². The summed E-state index contributed by atoms with van der Waals surface area (Å²) >= 11 is 0. The number of rotatable bonds is 3. The maximum absolute atomic E-state index is 12.9. The molecule has 0 amide bonds. The van der Waals surface area contributed by atoms with Crippen molar-refractivity contribution in [1.82, 2.24) is 4.31 Å². The van der Waals surface area contributed by atoms with Crippen LogP contribution in [0.1, 0.15) is 13.3 Å². The van der Waals surface area contributed by atoms with Crippen LogP contribution in [0.25, 0.3) is 0 Å². The summed E-state index contributed by atoms with van der Waals surface area (Å²) in [6.07, 6.45) is 0.773. The smallest absolute Gasteiger partial charge is 0.246 e. The quantitative estimate of drug-likeness (QED) is 0.893. The first-order valence-electron chi connectivity index (χ1n) is 7.05. The number of hydrogen-bond acceptors (Lipinski definition) is 5. The van der Waals surface area contributed by atoms with Gasteiger partial charge in [0, 0.05) is 13.1 Å². The Hall–Kier alpha value is -1.31. The summed E-state index contributed by atoms with van der Waals surface area (Å²) in [7, 11) is -3.59. The predicted molar refractivity (Wildman–Crippen MR) is 78.0 cm³/mol. The lowest BCUT2D eigenvalue weighted by molar-refractivity contribution is 0.166. The van der Waals surface area contributed by atoms with Crippen molar-refractivity contribution in [3.63, 3.8) is 0 Å². The first kappa shape index (κ1) is 14.6. The van der Waals surface area contributed by atoms with Gasteiger partial charge in [0.05, 0.1) is 0 Å². The Balaban J connectivity index is 1.97. The van der Waals surface area contributed by atoms with Gasteiger partial charge in [0.15, 0.2) is 11.5 Å². The summed E-state index contributed by atoms with van der Waals surface area (Å²) in [6.45, 7) is 4.22. The Kier molecular flexibility index (Phi) is 3.59. The molecule has 0 aliphatic carbocycles. The van der Waals surface area contributed by atoms with Crippen LogP contribution in [0.3, 0.4) is 0 Å². The van der Waals surface area contributed by atoms with Crippen LogP contribution in [-0.4, -0.2) is 45.6 Å². The number of benzene rings is 1. The normalized spacial score (nSPS) is 26.0. The van der Waals surface area contributed by atoms with E-state index in [9.17, 15) is 8.42 Å². The third-order valence-corrected chi connectivity index (χ3v) is 6.03. The van der Waals surface area contributed by atoms with Crippen molar-refractivity contribution in [2.45, 2.75) is 18.2 Å². The summed E-state index contributed by atoms with van der Waals surface area (Å²) in [6, 6.07) is 4.97. The minimum atomic E-state index is -3.59. The van der Waals surface area contributed by atoms with Crippen LogP contribution in [0, 0.1) is 5.41 Å². The minimum absolute atomic E-state index is 0.154. The Labute approximate surface area is 124 Å². The fourth-order valence-electron chi connectivity index (χ4n) is 2.74. The molecule has 0 bridgehead atoms. The molecular formula is C14H20N2O4S. The van der Waals surface area contributed by atoms with Crippen LogP contribution in [0.15, 0.2) is 23.1 Å². The fraction of sp³-hybridized carbons (Fsp3) is 0.571. The summed E-state index contributed by atoms with van der Waals surface area (Å²) < 4.78 is 38.2. The van der Waals surface area contributed by atoms with E-state index in [1.165, 1.54) is 4.31 Å². The largest absolute Gasteiger partial charge is 0.486 e. The van der Waals surface area contributed by atoms with E-state index >= 15 is 0 Å². The molecule has 0 spiro atoms. The topological polar surface area (TPSA) is 81.9 Å². The maximum Gasteiger partial charge on any atom is 0.246 e. The second-order valence-corrected chi connectivity index (χ2v) is 7.79. The van der Waals surface area contributed by atoms with Crippen LogP contribution < -0.4 is 15.2 Å². The highest BCUT2D eigenvalue weighted by Crippen LogP contribution is 2.40. The van der Waals surface area contributed by atoms with Gasteiger partial charge >= 0.3 is 0 Å². The summed E-state index contributed by atoms with van der Waals surface area (Å²) in [5.74, 6) is 0.813. The number of ether oxygens (including phenoxy) is 2. The zero-order valence-corrected chi connectivity index (χ0v) is 12.9. The van der Waals surface area contributed by atoms with Gasteiger partial charge in [-0.25, -0.2) is 8.42 Å². The molecule has 2 aliphatic rings. The van der Waals surface area contributed by atoms with Crippen molar-refractivity contribution < 1.29 is 17.9 Å². The van der Waals surface area contributed by atoms with E-state index in [-0.39, 0.29) is 10.3 Å². The van der Waals surface area contributed by atoms with Gasteiger partial charge < -0.3 is 15.2 Å². The van der Waals surface area contributed by atoms with Crippen molar-refractivity contribution in [2.75, 3.05) is 32.8 Å². The maximum atomic E-state index is 12.9. The molecule has 116 valence electrons. The number of sulfonamides is 1. The highest BCUT2D eigenvalue weighted by Gasteiger charge is 2.40. The second kappa shape index (κ2) is 5.15. The van der Waals surface area contributed by atoms with Crippen molar-refractivity contribution in [3.8, 4) is 11.5 Å². The van der Waals surface area contributed by atoms with E-state index in [1.54, 1.807) is 18.2 Å². The third-order valence-electron chi connectivity index (χ3n) is 4.16. The minimum Gasteiger partial charge on any atom is -0.486 e. The van der Waals surface area contributed by atoms with Crippen LogP contribution in [-0.2, 0) is 10.0 Å². The van der Waals surface area contributed by atoms with Crippen LogP contribution in [0.2, 0.25) is 0 Å². The molecule has 2 aliphatic heterocycles. The van der Waals surface area contributed by atoms with Crippen LogP contribution in [0.4, 0.5) is 0 Å². The number of hydrogen-bond donors (Lipinski definition) is 1. The molecule has 0 aromatic heterocycles. The van der Waals surface area contributed by atoms with Crippen LogP contribution in [0.5, 0.6) is 11.5 Å². The molecular weight excluding hydrogens is 292 g/mol. The number of para-hydroxylation sites is 1. The zero-order valence-electron chi connectivity index (χ0n) is 12.0. The van der Waals surface area contributed by atoms with E-state index in [1.807, 2.05) is 6.92 Å². The van der Waals surface area contributed by atoms with Gasteiger partial charge in [0.2, 0.25) is 10.0 Å². The predicted octanol–water partition coefficient (Wildman–Crippen LogP) is 0.817. The molecule has 1 atom stereocenters. The molecule has 1 aromatic rings. The monoisotopic (exact) mass is 312 g/mol. The molecule has 1 saturated heterocycles. The first-order valence-corrected chi connectivity index (χ1v) is 8.49. The number of nitrogens with two attached hydrogens (primary N) is 1. The highest BCUT2D eigenvalue weighted by molar-refractivity contribution is 7.89. The zero-order chi connectivity index (χ0) is 15.1. The molecule has 3 rings (SSSR count). The lowest BCUT2D eigenvalue weighted by Gasteiger charge is -2.25. The Morgan fingerprint density at radius 2 is 2.10 bits per heavy atom. The second-order valence-electron chi connectivity index (χ2n) is 5.88. The summed E-state index contributed by atoms with van der Waals surface area (Å²) in [5.41, 5.74) is 5.60.